The maximum absolute atomic E-state index is 5.17. The van der Waals surface area contributed by atoms with E-state index in [9.17, 15) is 0 Å². The van der Waals surface area contributed by atoms with Crippen molar-refractivity contribution in [1.82, 2.24) is 9.97 Å². The Labute approximate surface area is 103 Å². The number of aryl methyl sites for hydroxylation is 1. The highest BCUT2D eigenvalue weighted by molar-refractivity contribution is 9.10. The molecule has 2 rings (SSSR count). The number of nitrogens with zero attached hydrogens (tertiary/aromatic N) is 2. The van der Waals surface area contributed by atoms with E-state index in [0.29, 0.717) is 0 Å². The Morgan fingerprint density at radius 3 is 2.69 bits per heavy atom. The Kier molecular flexibility index (Phi) is 3.19. The molecule has 1 aromatic heterocycles. The standard InChI is InChI=1S/C12H11BrN2O/c1-8-5-6-14-12(15-8)9-3-4-11(16-2)10(13)7-9/h3-7H,1-2H3. The Morgan fingerprint density at radius 1 is 1.25 bits per heavy atom. The molecule has 1 aromatic carbocycles. The van der Waals surface area contributed by atoms with Crippen LogP contribution in [0.1, 0.15) is 5.69 Å². The molecule has 0 fully saturated rings. The molecule has 0 aliphatic carbocycles. The van der Waals surface area contributed by atoms with Crippen molar-refractivity contribution in [2.75, 3.05) is 7.11 Å². The SMILES string of the molecule is COc1ccc(-c2nccc(C)n2)cc1Br. The summed E-state index contributed by atoms with van der Waals surface area (Å²) >= 11 is 3.44. The lowest BCUT2D eigenvalue weighted by Crippen LogP contribution is -1.91. The molecular weight excluding hydrogens is 268 g/mol. The average molecular weight is 279 g/mol. The summed E-state index contributed by atoms with van der Waals surface area (Å²) < 4.78 is 6.07. The van der Waals surface area contributed by atoms with Crippen LogP contribution >= 0.6 is 15.9 Å². The van der Waals surface area contributed by atoms with Gasteiger partial charge < -0.3 is 4.74 Å². The van der Waals surface area contributed by atoms with Crippen molar-refractivity contribution in [2.45, 2.75) is 6.92 Å². The maximum atomic E-state index is 5.17. The molecule has 0 saturated heterocycles. The predicted octanol–water partition coefficient (Wildman–Crippen LogP) is 3.22. The van der Waals surface area contributed by atoms with Crippen molar-refractivity contribution in [3.8, 4) is 17.1 Å². The Balaban J connectivity index is 2.45. The van der Waals surface area contributed by atoms with E-state index in [-0.39, 0.29) is 0 Å². The van der Waals surface area contributed by atoms with E-state index in [1.165, 1.54) is 0 Å². The van der Waals surface area contributed by atoms with Crippen molar-refractivity contribution >= 4 is 15.9 Å². The minimum atomic E-state index is 0.725. The first-order chi connectivity index (χ1) is 7.70. The highest BCUT2D eigenvalue weighted by Gasteiger charge is 2.05. The van der Waals surface area contributed by atoms with Crippen LogP contribution in [0, 0.1) is 6.92 Å². The number of aromatic nitrogens is 2. The minimum Gasteiger partial charge on any atom is -0.496 e. The molecular formula is C12H11BrN2O. The number of halogens is 1. The van der Waals surface area contributed by atoms with Crippen LogP contribution in [-0.4, -0.2) is 17.1 Å². The second-order valence-electron chi connectivity index (χ2n) is 3.37. The zero-order valence-corrected chi connectivity index (χ0v) is 10.7. The van der Waals surface area contributed by atoms with E-state index in [1.807, 2.05) is 31.2 Å². The lowest BCUT2D eigenvalue weighted by Gasteiger charge is -2.05. The summed E-state index contributed by atoms with van der Waals surface area (Å²) in [5.74, 6) is 1.53. The van der Waals surface area contributed by atoms with Gasteiger partial charge in [0.2, 0.25) is 0 Å². The van der Waals surface area contributed by atoms with E-state index in [0.717, 1.165) is 27.3 Å². The monoisotopic (exact) mass is 278 g/mol. The third-order valence-corrected chi connectivity index (χ3v) is 2.82. The van der Waals surface area contributed by atoms with Gasteiger partial charge in [0.1, 0.15) is 5.75 Å². The Hall–Kier alpha value is -1.42. The summed E-state index contributed by atoms with van der Waals surface area (Å²) in [4.78, 5) is 8.60. The van der Waals surface area contributed by atoms with Gasteiger partial charge in [-0.1, -0.05) is 0 Å². The number of hydrogen-bond acceptors (Lipinski definition) is 3. The van der Waals surface area contributed by atoms with Gasteiger partial charge in [0.15, 0.2) is 5.82 Å². The van der Waals surface area contributed by atoms with Gasteiger partial charge >= 0.3 is 0 Å². The first-order valence-electron chi connectivity index (χ1n) is 4.84. The first kappa shape index (κ1) is 11.1. The van der Waals surface area contributed by atoms with Crippen LogP contribution in [0.25, 0.3) is 11.4 Å². The maximum Gasteiger partial charge on any atom is 0.159 e. The molecule has 3 nitrogen and oxygen atoms in total. The van der Waals surface area contributed by atoms with E-state index in [1.54, 1.807) is 13.3 Å². The van der Waals surface area contributed by atoms with Crippen molar-refractivity contribution in [3.63, 3.8) is 0 Å². The molecule has 0 atom stereocenters. The van der Waals surface area contributed by atoms with Gasteiger partial charge in [-0.15, -0.1) is 0 Å². The third kappa shape index (κ3) is 2.22. The Bertz CT molecular complexity index is 514. The fourth-order valence-electron chi connectivity index (χ4n) is 1.39. The van der Waals surface area contributed by atoms with E-state index < -0.39 is 0 Å². The van der Waals surface area contributed by atoms with Gasteiger partial charge in [-0.3, -0.25) is 0 Å². The zero-order valence-electron chi connectivity index (χ0n) is 9.07. The summed E-state index contributed by atoms with van der Waals surface area (Å²) in [6.07, 6.45) is 1.76. The lowest BCUT2D eigenvalue weighted by molar-refractivity contribution is 0.412. The highest BCUT2D eigenvalue weighted by Crippen LogP contribution is 2.28. The topological polar surface area (TPSA) is 35.0 Å². The van der Waals surface area contributed by atoms with Crippen LogP contribution in [0.5, 0.6) is 5.75 Å². The molecule has 0 amide bonds. The lowest BCUT2D eigenvalue weighted by atomic mass is 10.2. The number of methoxy groups -OCH3 is 1. The van der Waals surface area contributed by atoms with Crippen LogP contribution in [0.4, 0.5) is 0 Å². The molecule has 0 aliphatic heterocycles. The van der Waals surface area contributed by atoms with Crippen LogP contribution in [-0.2, 0) is 0 Å². The van der Waals surface area contributed by atoms with Gasteiger partial charge in [-0.25, -0.2) is 9.97 Å². The summed E-state index contributed by atoms with van der Waals surface area (Å²) in [6.45, 7) is 1.95. The molecule has 0 saturated carbocycles. The summed E-state index contributed by atoms with van der Waals surface area (Å²) in [6, 6.07) is 7.67. The zero-order chi connectivity index (χ0) is 11.5. The van der Waals surface area contributed by atoms with Gasteiger partial charge in [-0.05, 0) is 47.1 Å². The highest BCUT2D eigenvalue weighted by atomic mass is 79.9. The smallest absolute Gasteiger partial charge is 0.159 e. The molecule has 1 heterocycles. The predicted molar refractivity (Wildman–Crippen MR) is 66.5 cm³/mol. The number of benzene rings is 1. The summed E-state index contributed by atoms with van der Waals surface area (Å²) in [5.41, 5.74) is 1.92. The molecule has 2 aromatic rings. The third-order valence-electron chi connectivity index (χ3n) is 2.20. The fraction of sp³-hybridized carbons (Fsp3) is 0.167. The van der Waals surface area contributed by atoms with Crippen molar-refractivity contribution in [3.05, 3.63) is 40.6 Å². The van der Waals surface area contributed by atoms with E-state index >= 15 is 0 Å². The second-order valence-corrected chi connectivity index (χ2v) is 4.23. The van der Waals surface area contributed by atoms with Crippen LogP contribution in [0.3, 0.4) is 0 Å². The average Bonchev–Trinajstić information content (AvgIpc) is 2.29. The van der Waals surface area contributed by atoms with Crippen LogP contribution < -0.4 is 4.74 Å². The number of hydrogen-bond donors (Lipinski definition) is 0. The van der Waals surface area contributed by atoms with Crippen LogP contribution in [0.2, 0.25) is 0 Å². The molecule has 4 heteroatoms. The van der Waals surface area contributed by atoms with Crippen LogP contribution in [0.15, 0.2) is 34.9 Å². The second kappa shape index (κ2) is 4.61. The Morgan fingerprint density at radius 2 is 2.06 bits per heavy atom. The molecule has 0 N–H and O–H groups in total. The molecule has 0 radical (unpaired) electrons. The van der Waals surface area contributed by atoms with E-state index in [4.69, 9.17) is 4.74 Å². The largest absolute Gasteiger partial charge is 0.496 e. The molecule has 82 valence electrons. The summed E-state index contributed by atoms with van der Waals surface area (Å²) in [7, 11) is 1.64. The van der Waals surface area contributed by atoms with E-state index in [2.05, 4.69) is 25.9 Å². The molecule has 0 bridgehead atoms. The van der Waals surface area contributed by atoms with Gasteiger partial charge in [0.25, 0.3) is 0 Å². The number of ether oxygens (including phenoxy) is 1. The molecule has 0 unspecified atom stereocenters. The van der Waals surface area contributed by atoms with Gasteiger partial charge in [0.05, 0.1) is 11.6 Å². The van der Waals surface area contributed by atoms with Crippen molar-refractivity contribution in [2.24, 2.45) is 0 Å². The van der Waals surface area contributed by atoms with Crippen molar-refractivity contribution in [1.29, 1.82) is 0 Å². The fourth-order valence-corrected chi connectivity index (χ4v) is 1.93. The molecule has 0 aliphatic rings. The normalized spacial score (nSPS) is 10.2. The van der Waals surface area contributed by atoms with Crippen molar-refractivity contribution < 1.29 is 4.74 Å². The quantitative estimate of drug-likeness (QED) is 0.846. The molecule has 0 spiro atoms. The minimum absolute atomic E-state index is 0.725. The number of rotatable bonds is 2. The van der Waals surface area contributed by atoms with Gasteiger partial charge in [-0.2, -0.15) is 0 Å². The van der Waals surface area contributed by atoms with Gasteiger partial charge in [0, 0.05) is 17.5 Å². The molecule has 16 heavy (non-hydrogen) atoms. The summed E-state index contributed by atoms with van der Waals surface area (Å²) in [5, 5.41) is 0. The first-order valence-corrected chi connectivity index (χ1v) is 5.63.